The minimum Gasteiger partial charge on any atom is -0.493 e. The third-order valence-corrected chi connectivity index (χ3v) is 6.65. The van der Waals surface area contributed by atoms with E-state index in [9.17, 15) is 9.59 Å². The third-order valence-electron chi connectivity index (χ3n) is 5.50. The van der Waals surface area contributed by atoms with Gasteiger partial charge in [-0.3, -0.25) is 9.59 Å². The molecule has 0 N–H and O–H groups in total. The molecule has 0 saturated heterocycles. The van der Waals surface area contributed by atoms with Crippen molar-refractivity contribution in [3.05, 3.63) is 83.0 Å². The number of esters is 1. The van der Waals surface area contributed by atoms with Gasteiger partial charge in [0.15, 0.2) is 5.78 Å². The largest absolute Gasteiger partial charge is 0.493 e. The molecular weight excluding hydrogens is 474 g/mol. The molecule has 190 valence electrons. The van der Waals surface area contributed by atoms with Crippen molar-refractivity contribution in [3.8, 4) is 11.6 Å². The zero-order valence-electron chi connectivity index (χ0n) is 21.3. The zero-order chi connectivity index (χ0) is 25.9. The Balaban J connectivity index is 1.57. The topological polar surface area (TPSA) is 74.7 Å². The van der Waals surface area contributed by atoms with Crippen LogP contribution in [-0.4, -0.2) is 41.8 Å². The van der Waals surface area contributed by atoms with Crippen LogP contribution in [0.2, 0.25) is 0 Å². The van der Waals surface area contributed by atoms with Gasteiger partial charge < -0.3 is 14.2 Å². The maximum atomic E-state index is 13.1. The average molecular weight is 508 g/mol. The van der Waals surface area contributed by atoms with Crippen molar-refractivity contribution >= 4 is 23.5 Å². The summed E-state index contributed by atoms with van der Waals surface area (Å²) in [5.41, 5.74) is 3.10. The normalized spacial score (nSPS) is 11.6. The van der Waals surface area contributed by atoms with Crippen molar-refractivity contribution < 1.29 is 23.8 Å². The van der Waals surface area contributed by atoms with Crippen LogP contribution in [0.5, 0.6) is 11.6 Å². The van der Waals surface area contributed by atoms with E-state index in [1.54, 1.807) is 25.3 Å². The number of ether oxygens (including phenoxy) is 3. The quantitative estimate of drug-likeness (QED) is 0.158. The van der Waals surface area contributed by atoms with Crippen LogP contribution in [0.25, 0.3) is 0 Å². The number of nitrogens with zero attached hydrogens (tertiary/aromatic N) is 1. The highest BCUT2D eigenvalue weighted by atomic mass is 32.2. The van der Waals surface area contributed by atoms with Gasteiger partial charge in [0.05, 0.1) is 24.5 Å². The van der Waals surface area contributed by atoms with Crippen LogP contribution < -0.4 is 9.47 Å². The van der Waals surface area contributed by atoms with E-state index in [1.165, 1.54) is 11.8 Å². The maximum absolute atomic E-state index is 13.1. The Labute approximate surface area is 217 Å². The van der Waals surface area contributed by atoms with Crippen LogP contribution in [0, 0.1) is 6.92 Å². The van der Waals surface area contributed by atoms with Crippen molar-refractivity contribution in [1.82, 2.24) is 4.98 Å². The molecule has 1 atom stereocenters. The lowest BCUT2D eigenvalue weighted by Gasteiger charge is -2.17. The molecule has 1 heterocycles. The summed E-state index contributed by atoms with van der Waals surface area (Å²) >= 11 is 1.45. The van der Waals surface area contributed by atoms with Crippen molar-refractivity contribution in [3.63, 3.8) is 0 Å². The molecule has 0 amide bonds. The minimum atomic E-state index is -0.219. The summed E-state index contributed by atoms with van der Waals surface area (Å²) in [6, 6.07) is 16.8. The zero-order valence-corrected chi connectivity index (χ0v) is 22.1. The summed E-state index contributed by atoms with van der Waals surface area (Å²) in [5, 5.41) is 0. The number of aryl methyl sites for hydroxylation is 2. The molecule has 0 aliphatic heterocycles. The molecule has 1 aromatic heterocycles. The SMILES string of the molecule is CCOC(=O)CSc1ccc(OCCC(C)Oc2ncc(CC)cc2C(=O)c2ccccc2)cc1C. The van der Waals surface area contributed by atoms with Crippen molar-refractivity contribution in [2.24, 2.45) is 0 Å². The van der Waals surface area contributed by atoms with Gasteiger partial charge in [-0.15, -0.1) is 11.8 Å². The van der Waals surface area contributed by atoms with Gasteiger partial charge in [0.25, 0.3) is 0 Å². The Bertz CT molecular complexity index is 1170. The Hall–Kier alpha value is -3.32. The number of hydrogen-bond donors (Lipinski definition) is 0. The standard InChI is InChI=1S/C29H33NO5S/c1-5-22-17-25(28(32)23-10-8-7-9-11-23)29(30-18-22)35-21(4)14-15-34-24-12-13-26(20(3)16-24)36-19-27(31)33-6-2/h7-13,16-18,21H,5-6,14-15,19H2,1-4H3. The molecule has 3 aromatic rings. The summed E-state index contributed by atoms with van der Waals surface area (Å²) in [4.78, 5) is 30.2. The summed E-state index contributed by atoms with van der Waals surface area (Å²) in [7, 11) is 0. The van der Waals surface area contributed by atoms with Crippen molar-refractivity contribution in [1.29, 1.82) is 0 Å². The third kappa shape index (κ3) is 7.85. The molecule has 3 rings (SSSR count). The number of aromatic nitrogens is 1. The molecule has 0 fully saturated rings. The first-order chi connectivity index (χ1) is 17.4. The Kier molecular flexibility index (Phi) is 10.4. The van der Waals surface area contributed by atoms with Gasteiger partial charge in [0.2, 0.25) is 5.88 Å². The fourth-order valence-electron chi connectivity index (χ4n) is 3.50. The smallest absolute Gasteiger partial charge is 0.316 e. The predicted octanol–water partition coefficient (Wildman–Crippen LogP) is 6.08. The van der Waals surface area contributed by atoms with E-state index in [2.05, 4.69) is 4.98 Å². The van der Waals surface area contributed by atoms with Crippen LogP contribution >= 0.6 is 11.8 Å². The molecule has 1 unspecified atom stereocenters. The van der Waals surface area contributed by atoms with E-state index in [0.29, 0.717) is 36.6 Å². The lowest BCUT2D eigenvalue weighted by atomic mass is 10.0. The maximum Gasteiger partial charge on any atom is 0.316 e. The fourth-order valence-corrected chi connectivity index (χ4v) is 4.30. The van der Waals surface area contributed by atoms with E-state index >= 15 is 0 Å². The Morgan fingerprint density at radius 2 is 1.83 bits per heavy atom. The van der Waals surface area contributed by atoms with E-state index in [1.807, 2.05) is 63.2 Å². The molecule has 0 bridgehead atoms. The second kappa shape index (κ2) is 13.7. The number of ketones is 1. The molecule has 0 aliphatic carbocycles. The second-order valence-electron chi connectivity index (χ2n) is 8.33. The first kappa shape index (κ1) is 27.3. The van der Waals surface area contributed by atoms with Crippen molar-refractivity contribution in [2.45, 2.75) is 51.5 Å². The molecule has 0 aliphatic rings. The fraction of sp³-hybridized carbons (Fsp3) is 0.345. The molecular formula is C29H33NO5S. The molecule has 0 spiro atoms. The van der Waals surface area contributed by atoms with Crippen LogP contribution in [0.1, 0.15) is 54.2 Å². The molecule has 6 nitrogen and oxygen atoms in total. The summed E-state index contributed by atoms with van der Waals surface area (Å²) in [5.74, 6) is 1.06. The Morgan fingerprint density at radius 1 is 1.06 bits per heavy atom. The van der Waals surface area contributed by atoms with Gasteiger partial charge in [0, 0.05) is 23.1 Å². The van der Waals surface area contributed by atoms with E-state index in [4.69, 9.17) is 14.2 Å². The van der Waals surface area contributed by atoms with Crippen LogP contribution in [0.3, 0.4) is 0 Å². The summed E-state index contributed by atoms with van der Waals surface area (Å²) < 4.78 is 17.0. The molecule has 36 heavy (non-hydrogen) atoms. The average Bonchev–Trinajstić information content (AvgIpc) is 2.88. The van der Waals surface area contributed by atoms with Gasteiger partial charge in [-0.2, -0.15) is 0 Å². The van der Waals surface area contributed by atoms with Crippen LogP contribution in [0.15, 0.2) is 65.7 Å². The molecule has 0 saturated carbocycles. The van der Waals surface area contributed by atoms with Gasteiger partial charge in [-0.1, -0.05) is 37.3 Å². The van der Waals surface area contributed by atoms with Gasteiger partial charge in [-0.05, 0) is 62.6 Å². The number of pyridine rings is 1. The predicted molar refractivity (Wildman–Crippen MR) is 142 cm³/mol. The lowest BCUT2D eigenvalue weighted by Crippen LogP contribution is -2.18. The van der Waals surface area contributed by atoms with Crippen molar-refractivity contribution in [2.75, 3.05) is 19.0 Å². The van der Waals surface area contributed by atoms with Crippen LogP contribution in [-0.2, 0) is 16.0 Å². The highest BCUT2D eigenvalue weighted by molar-refractivity contribution is 8.00. The first-order valence-corrected chi connectivity index (χ1v) is 13.2. The second-order valence-corrected chi connectivity index (χ2v) is 9.35. The number of benzene rings is 2. The molecule has 2 aromatic carbocycles. The highest BCUT2D eigenvalue weighted by Crippen LogP contribution is 2.27. The number of rotatable bonds is 13. The first-order valence-electron chi connectivity index (χ1n) is 12.2. The highest BCUT2D eigenvalue weighted by Gasteiger charge is 2.19. The van der Waals surface area contributed by atoms with E-state index in [0.717, 1.165) is 28.2 Å². The van der Waals surface area contributed by atoms with Gasteiger partial charge in [-0.25, -0.2) is 4.98 Å². The number of carbonyl (C=O) groups excluding carboxylic acids is 2. The van der Waals surface area contributed by atoms with Crippen LogP contribution in [0.4, 0.5) is 0 Å². The van der Waals surface area contributed by atoms with E-state index < -0.39 is 0 Å². The number of hydrogen-bond acceptors (Lipinski definition) is 7. The monoisotopic (exact) mass is 507 g/mol. The number of thioether (sulfide) groups is 1. The summed E-state index contributed by atoms with van der Waals surface area (Å²) in [6.45, 7) is 8.59. The van der Waals surface area contributed by atoms with Gasteiger partial charge >= 0.3 is 5.97 Å². The summed E-state index contributed by atoms with van der Waals surface area (Å²) in [6.07, 6.45) is 2.96. The lowest BCUT2D eigenvalue weighted by molar-refractivity contribution is -0.139. The number of carbonyl (C=O) groups is 2. The minimum absolute atomic E-state index is 0.103. The molecule has 7 heteroatoms. The Morgan fingerprint density at radius 3 is 2.53 bits per heavy atom. The van der Waals surface area contributed by atoms with E-state index in [-0.39, 0.29) is 23.6 Å². The van der Waals surface area contributed by atoms with Gasteiger partial charge in [0.1, 0.15) is 11.9 Å². The molecule has 0 radical (unpaired) electrons.